The second-order valence-electron chi connectivity index (χ2n) is 9.10. The molecule has 3 rings (SSSR count). The van der Waals surface area contributed by atoms with E-state index in [9.17, 15) is 35.9 Å². The van der Waals surface area contributed by atoms with Crippen molar-refractivity contribution in [3.8, 4) is 0 Å². The van der Waals surface area contributed by atoms with E-state index in [0.29, 0.717) is 23.7 Å². The van der Waals surface area contributed by atoms with Gasteiger partial charge in [0.1, 0.15) is 0 Å². The van der Waals surface area contributed by atoms with E-state index in [1.807, 2.05) is 26.8 Å². The summed E-state index contributed by atoms with van der Waals surface area (Å²) >= 11 is 6.20. The summed E-state index contributed by atoms with van der Waals surface area (Å²) in [6, 6.07) is 5.16. The van der Waals surface area contributed by atoms with Crippen LogP contribution in [-0.2, 0) is 34.8 Å². The molecule has 1 heterocycles. The zero-order valence-electron chi connectivity index (χ0n) is 21.3. The number of nitrogens with zero attached hydrogens (tertiary/aromatic N) is 1. The summed E-state index contributed by atoms with van der Waals surface area (Å²) in [5.74, 6) is -0.550. The number of anilines is 1. The van der Waals surface area contributed by atoms with Gasteiger partial charge < -0.3 is 10.1 Å². The first-order valence-corrected chi connectivity index (χ1v) is 12.2. The number of alkyl halides is 6. The van der Waals surface area contributed by atoms with Gasteiger partial charge in [0.2, 0.25) is 5.91 Å². The largest absolute Gasteiger partial charge is 0.446 e. The Hall–Kier alpha value is -2.95. The van der Waals surface area contributed by atoms with Crippen molar-refractivity contribution in [1.82, 2.24) is 5.32 Å². The van der Waals surface area contributed by atoms with Crippen LogP contribution < -0.4 is 10.2 Å². The number of carbonyl (C=O) groups excluding carboxylic acids is 2. The molecule has 0 aromatic heterocycles. The van der Waals surface area contributed by atoms with Gasteiger partial charge in [0.05, 0.1) is 22.9 Å². The summed E-state index contributed by atoms with van der Waals surface area (Å²) in [4.78, 5) is 24.5. The molecule has 0 aliphatic carbocycles. The monoisotopic (exact) mass is 566 g/mol. The second-order valence-corrected chi connectivity index (χ2v) is 9.50. The maximum Gasteiger partial charge on any atom is 0.416 e. The number of rotatable bonds is 3. The molecule has 0 atom stereocenters. The Balaban J connectivity index is 0.000000267. The minimum Gasteiger partial charge on any atom is -0.446 e. The molecular weight excluding hydrogens is 538 g/mol. The molecule has 0 saturated heterocycles. The number of nitrogens with one attached hydrogen (secondary N) is 1. The first-order valence-electron chi connectivity index (χ1n) is 11.8. The molecule has 0 unspecified atom stereocenters. The minimum absolute atomic E-state index is 0.0390. The molecule has 0 radical (unpaired) electrons. The molecule has 2 amide bonds. The summed E-state index contributed by atoms with van der Waals surface area (Å²) in [5.41, 5.74) is 0.0704. The number of hydrogen-bond donors (Lipinski definition) is 1. The Bertz CT molecular complexity index is 1120. The first-order chi connectivity index (χ1) is 17.5. The van der Waals surface area contributed by atoms with Gasteiger partial charge in [-0.15, -0.1) is 0 Å². The lowest BCUT2D eigenvalue weighted by atomic mass is 10.0. The molecule has 12 heteroatoms. The van der Waals surface area contributed by atoms with Crippen LogP contribution >= 0.6 is 11.6 Å². The van der Waals surface area contributed by atoms with Crippen molar-refractivity contribution in [2.24, 2.45) is 0 Å². The highest BCUT2D eigenvalue weighted by molar-refractivity contribution is 6.31. The molecule has 210 valence electrons. The van der Waals surface area contributed by atoms with Crippen LogP contribution in [-0.4, -0.2) is 24.6 Å². The van der Waals surface area contributed by atoms with Crippen LogP contribution in [0.2, 0.25) is 5.02 Å². The van der Waals surface area contributed by atoms with Crippen LogP contribution in [0, 0.1) is 6.92 Å². The van der Waals surface area contributed by atoms with Crippen LogP contribution in [0.1, 0.15) is 61.4 Å². The smallest absolute Gasteiger partial charge is 0.416 e. The summed E-state index contributed by atoms with van der Waals surface area (Å²) in [7, 11) is 0. The van der Waals surface area contributed by atoms with Gasteiger partial charge in [-0.05, 0) is 81.0 Å². The van der Waals surface area contributed by atoms with E-state index in [1.54, 1.807) is 4.90 Å². The summed E-state index contributed by atoms with van der Waals surface area (Å²) in [6.45, 7) is 7.11. The van der Waals surface area contributed by atoms with Gasteiger partial charge in [-0.2, -0.15) is 26.3 Å². The molecule has 1 aliphatic heterocycles. The highest BCUT2D eigenvalue weighted by Gasteiger charge is 2.36. The number of hydrogen-bond acceptors (Lipinski definition) is 3. The summed E-state index contributed by atoms with van der Waals surface area (Å²) < 4.78 is 80.2. The third-order valence-corrected chi connectivity index (χ3v) is 5.88. The Morgan fingerprint density at radius 1 is 1.00 bits per heavy atom. The third kappa shape index (κ3) is 9.11. The average Bonchev–Trinajstić information content (AvgIpc) is 2.99. The summed E-state index contributed by atoms with van der Waals surface area (Å²) in [6.07, 6.45) is -7.10. The van der Waals surface area contributed by atoms with E-state index in [1.165, 1.54) is 5.56 Å². The van der Waals surface area contributed by atoms with Gasteiger partial charge in [0, 0.05) is 25.0 Å². The van der Waals surface area contributed by atoms with E-state index < -0.39 is 35.9 Å². The van der Waals surface area contributed by atoms with Crippen LogP contribution in [0.15, 0.2) is 30.3 Å². The summed E-state index contributed by atoms with van der Waals surface area (Å²) in [5, 5.41) is 2.84. The van der Waals surface area contributed by atoms with Crippen molar-refractivity contribution < 1.29 is 40.7 Å². The number of amides is 2. The van der Waals surface area contributed by atoms with Gasteiger partial charge in [0.25, 0.3) is 0 Å². The lowest BCUT2D eigenvalue weighted by Crippen LogP contribution is -2.34. The molecule has 0 saturated carbocycles. The lowest BCUT2D eigenvalue weighted by molar-refractivity contribution is -0.143. The van der Waals surface area contributed by atoms with Gasteiger partial charge >= 0.3 is 18.4 Å². The Morgan fingerprint density at radius 3 is 2.08 bits per heavy atom. The molecule has 2 aromatic rings. The fourth-order valence-electron chi connectivity index (χ4n) is 3.69. The van der Waals surface area contributed by atoms with E-state index >= 15 is 0 Å². The van der Waals surface area contributed by atoms with E-state index in [2.05, 4.69) is 11.4 Å². The molecule has 1 aliphatic rings. The zero-order chi connectivity index (χ0) is 28.8. The number of benzene rings is 2. The molecule has 1 N–H and O–H groups in total. The van der Waals surface area contributed by atoms with Crippen molar-refractivity contribution in [1.29, 1.82) is 0 Å². The number of halogens is 7. The predicted octanol–water partition coefficient (Wildman–Crippen LogP) is 7.70. The highest BCUT2D eigenvalue weighted by atomic mass is 35.5. The van der Waals surface area contributed by atoms with E-state index in [-0.39, 0.29) is 23.8 Å². The van der Waals surface area contributed by atoms with Crippen LogP contribution in [0.3, 0.4) is 0 Å². The van der Waals surface area contributed by atoms with Gasteiger partial charge in [-0.25, -0.2) is 4.79 Å². The molecule has 5 nitrogen and oxygen atoms in total. The van der Waals surface area contributed by atoms with Crippen LogP contribution in [0.5, 0.6) is 0 Å². The van der Waals surface area contributed by atoms with E-state index in [4.69, 9.17) is 16.3 Å². The van der Waals surface area contributed by atoms with Crippen molar-refractivity contribution >= 4 is 29.3 Å². The Labute approximate surface area is 222 Å². The minimum atomic E-state index is -4.88. The molecule has 2 aromatic carbocycles. The fraction of sp³-hybridized carbons (Fsp3) is 0.462. The average molecular weight is 567 g/mol. The number of carbonyl (C=O) groups is 2. The standard InChI is InChI=1S/C15H20ClNO2.C11H9F6NO/c1-10(2)19-15(18)17-7-5-4-6-12-8-11(3)13(16)9-14(12)17;1-6(19)18-5-7-2-8(10(12,13)14)4-9(3-7)11(15,16)17/h8-10H,4-7H2,1-3H3;2-4H,5H2,1H3,(H,18,19). The number of aryl methyl sites for hydroxylation is 2. The molecule has 38 heavy (non-hydrogen) atoms. The van der Waals surface area contributed by atoms with Gasteiger partial charge in [0.15, 0.2) is 0 Å². The number of ether oxygens (including phenoxy) is 1. The molecular formula is C26H29ClF6N2O3. The second kappa shape index (κ2) is 12.7. The number of fused-ring (bicyclic) bond motifs is 1. The predicted molar refractivity (Wildman–Crippen MR) is 132 cm³/mol. The van der Waals surface area contributed by atoms with Crippen molar-refractivity contribution in [3.63, 3.8) is 0 Å². The molecule has 0 fully saturated rings. The van der Waals surface area contributed by atoms with Crippen LogP contribution in [0.4, 0.5) is 36.8 Å². The van der Waals surface area contributed by atoms with Crippen molar-refractivity contribution in [3.05, 3.63) is 63.2 Å². The molecule has 0 bridgehead atoms. The zero-order valence-corrected chi connectivity index (χ0v) is 22.1. The fourth-order valence-corrected chi connectivity index (χ4v) is 3.85. The van der Waals surface area contributed by atoms with E-state index in [0.717, 1.165) is 37.4 Å². The van der Waals surface area contributed by atoms with Crippen molar-refractivity contribution in [2.45, 2.75) is 72.0 Å². The highest BCUT2D eigenvalue weighted by Crippen LogP contribution is 2.36. The quantitative estimate of drug-likeness (QED) is 0.387. The van der Waals surface area contributed by atoms with Crippen LogP contribution in [0.25, 0.3) is 0 Å². The van der Waals surface area contributed by atoms with Gasteiger partial charge in [-0.3, -0.25) is 9.69 Å². The molecule has 0 spiro atoms. The maximum absolute atomic E-state index is 12.5. The topological polar surface area (TPSA) is 58.6 Å². The van der Waals surface area contributed by atoms with Gasteiger partial charge in [-0.1, -0.05) is 17.7 Å². The maximum atomic E-state index is 12.5. The third-order valence-electron chi connectivity index (χ3n) is 5.47. The SMILES string of the molecule is CC(=O)NCc1cc(C(F)(F)F)cc(C(F)(F)F)c1.Cc1cc2c(cc1Cl)N(C(=O)OC(C)C)CCCC2. The lowest BCUT2D eigenvalue weighted by Gasteiger charge is -2.24. The normalized spacial score (nSPS) is 13.7. The Morgan fingerprint density at radius 2 is 1.58 bits per heavy atom. The first kappa shape index (κ1) is 31.3. The Kier molecular flexibility index (Phi) is 10.5. The van der Waals surface area contributed by atoms with Crippen molar-refractivity contribution in [2.75, 3.05) is 11.4 Å².